The average molecular weight is 187 g/mol. The van der Waals surface area contributed by atoms with E-state index in [1.807, 2.05) is 6.07 Å². The maximum Gasteiger partial charge on any atom is 0.335 e. The molecule has 0 saturated heterocycles. The fourth-order valence-corrected chi connectivity index (χ4v) is 1.16. The Morgan fingerprint density at radius 2 is 2.29 bits per heavy atom. The number of hydrogen-bond acceptors (Lipinski definition) is 2. The van der Waals surface area contributed by atoms with Crippen LogP contribution in [0.2, 0.25) is 0 Å². The summed E-state index contributed by atoms with van der Waals surface area (Å²) in [5, 5.41) is 17.1. The van der Waals surface area contributed by atoms with E-state index in [9.17, 15) is 4.79 Å². The number of carbonyl (C=O) groups is 1. The predicted octanol–water partition coefficient (Wildman–Crippen LogP) is 2.23. The lowest BCUT2D eigenvalue weighted by Crippen LogP contribution is -1.99. The lowest BCUT2D eigenvalue weighted by molar-refractivity contribution is 0.0696. The summed E-state index contributed by atoms with van der Waals surface area (Å²) in [6.45, 7) is 1.73. The summed E-state index contributed by atoms with van der Waals surface area (Å²) in [6.07, 6.45) is 2.99. The Labute approximate surface area is 81.9 Å². The highest BCUT2D eigenvalue weighted by Gasteiger charge is 2.05. The molecule has 1 rings (SSSR count). The van der Waals surface area contributed by atoms with E-state index in [0.717, 1.165) is 5.56 Å². The molecule has 0 spiro atoms. The first-order chi connectivity index (χ1) is 6.65. The summed E-state index contributed by atoms with van der Waals surface area (Å²) in [6, 6.07) is 6.82. The molecule has 0 fully saturated rings. The van der Waals surface area contributed by atoms with Crippen LogP contribution in [0.1, 0.15) is 21.5 Å². The second-order valence-corrected chi connectivity index (χ2v) is 2.84. The number of nitriles is 1. The van der Waals surface area contributed by atoms with Gasteiger partial charge in [-0.05, 0) is 30.2 Å². The van der Waals surface area contributed by atoms with Crippen molar-refractivity contribution in [2.24, 2.45) is 0 Å². The van der Waals surface area contributed by atoms with Gasteiger partial charge in [-0.1, -0.05) is 12.1 Å². The third-order valence-corrected chi connectivity index (χ3v) is 1.83. The van der Waals surface area contributed by atoms with E-state index in [1.54, 1.807) is 25.1 Å². The topological polar surface area (TPSA) is 61.1 Å². The first kappa shape index (κ1) is 10.0. The molecule has 0 radical (unpaired) electrons. The minimum Gasteiger partial charge on any atom is -0.478 e. The summed E-state index contributed by atoms with van der Waals surface area (Å²) < 4.78 is 0. The molecule has 3 heteroatoms. The molecular weight excluding hydrogens is 178 g/mol. The van der Waals surface area contributed by atoms with E-state index in [2.05, 4.69) is 0 Å². The van der Waals surface area contributed by atoms with Gasteiger partial charge in [-0.15, -0.1) is 0 Å². The van der Waals surface area contributed by atoms with E-state index in [0.29, 0.717) is 11.1 Å². The number of aryl methyl sites for hydroxylation is 1. The van der Waals surface area contributed by atoms with Crippen molar-refractivity contribution in [1.29, 1.82) is 5.26 Å². The van der Waals surface area contributed by atoms with E-state index in [1.165, 1.54) is 12.1 Å². The number of aromatic carboxylic acids is 1. The standard InChI is InChI=1S/C11H9NO2/c1-8-7-9(3-2-6-12)4-5-10(8)11(13)14/h2-5,7H,1H3,(H,13,14). The number of carboxylic acids is 1. The molecule has 0 amide bonds. The maximum absolute atomic E-state index is 10.7. The highest BCUT2D eigenvalue weighted by atomic mass is 16.4. The Kier molecular flexibility index (Phi) is 3.03. The Bertz CT molecular complexity index is 427. The van der Waals surface area contributed by atoms with Crippen LogP contribution in [0, 0.1) is 18.3 Å². The molecule has 70 valence electrons. The van der Waals surface area contributed by atoms with E-state index >= 15 is 0 Å². The largest absolute Gasteiger partial charge is 0.478 e. The number of benzene rings is 1. The van der Waals surface area contributed by atoms with Crippen molar-refractivity contribution in [2.75, 3.05) is 0 Å². The summed E-state index contributed by atoms with van der Waals surface area (Å²) in [4.78, 5) is 10.7. The number of carboxylic acid groups (broad SMARTS) is 1. The van der Waals surface area contributed by atoms with Crippen molar-refractivity contribution >= 4 is 12.0 Å². The molecule has 0 atom stereocenters. The third-order valence-electron chi connectivity index (χ3n) is 1.83. The van der Waals surface area contributed by atoms with Gasteiger partial charge in [0.1, 0.15) is 0 Å². The molecule has 1 N–H and O–H groups in total. The van der Waals surface area contributed by atoms with Gasteiger partial charge in [0, 0.05) is 6.08 Å². The van der Waals surface area contributed by atoms with Crippen LogP contribution >= 0.6 is 0 Å². The molecule has 0 unspecified atom stereocenters. The quantitative estimate of drug-likeness (QED) is 0.722. The monoisotopic (exact) mass is 187 g/mol. The fraction of sp³-hybridized carbons (Fsp3) is 0.0909. The fourth-order valence-electron chi connectivity index (χ4n) is 1.16. The van der Waals surface area contributed by atoms with Crippen LogP contribution in [0.25, 0.3) is 6.08 Å². The molecule has 1 aromatic carbocycles. The molecule has 14 heavy (non-hydrogen) atoms. The zero-order chi connectivity index (χ0) is 10.6. The van der Waals surface area contributed by atoms with Crippen molar-refractivity contribution in [3.63, 3.8) is 0 Å². The van der Waals surface area contributed by atoms with Crippen molar-refractivity contribution < 1.29 is 9.90 Å². The normalized spacial score (nSPS) is 10.0. The van der Waals surface area contributed by atoms with Gasteiger partial charge in [0.2, 0.25) is 0 Å². The van der Waals surface area contributed by atoms with Crippen molar-refractivity contribution in [3.8, 4) is 6.07 Å². The second kappa shape index (κ2) is 4.24. The number of hydrogen-bond donors (Lipinski definition) is 1. The van der Waals surface area contributed by atoms with Gasteiger partial charge in [-0.25, -0.2) is 4.79 Å². The molecule has 0 aliphatic heterocycles. The lowest BCUT2D eigenvalue weighted by atomic mass is 10.1. The Hall–Kier alpha value is -2.08. The summed E-state index contributed by atoms with van der Waals surface area (Å²) in [5.74, 6) is -0.932. The van der Waals surface area contributed by atoms with Crippen LogP contribution in [0.5, 0.6) is 0 Å². The van der Waals surface area contributed by atoms with E-state index < -0.39 is 5.97 Å². The molecule has 0 aliphatic rings. The van der Waals surface area contributed by atoms with Crippen LogP contribution in [0.4, 0.5) is 0 Å². The Balaban J connectivity index is 3.08. The van der Waals surface area contributed by atoms with Crippen LogP contribution in [-0.2, 0) is 0 Å². The highest BCUT2D eigenvalue weighted by Crippen LogP contribution is 2.12. The molecule has 0 aromatic heterocycles. The van der Waals surface area contributed by atoms with Gasteiger partial charge in [0.25, 0.3) is 0 Å². The van der Waals surface area contributed by atoms with Gasteiger partial charge < -0.3 is 5.11 Å². The first-order valence-electron chi connectivity index (χ1n) is 4.05. The molecular formula is C11H9NO2. The Morgan fingerprint density at radius 3 is 2.79 bits per heavy atom. The molecule has 1 aromatic rings. The van der Waals surface area contributed by atoms with Crippen molar-refractivity contribution in [1.82, 2.24) is 0 Å². The number of nitrogens with zero attached hydrogens (tertiary/aromatic N) is 1. The van der Waals surface area contributed by atoms with Gasteiger partial charge in [-0.3, -0.25) is 0 Å². The zero-order valence-electron chi connectivity index (χ0n) is 7.69. The summed E-state index contributed by atoms with van der Waals surface area (Å²) >= 11 is 0. The molecule has 3 nitrogen and oxygen atoms in total. The number of rotatable bonds is 2. The molecule has 0 aliphatic carbocycles. The zero-order valence-corrected chi connectivity index (χ0v) is 7.69. The molecule has 0 saturated carbocycles. The van der Waals surface area contributed by atoms with Gasteiger partial charge >= 0.3 is 5.97 Å². The van der Waals surface area contributed by atoms with Gasteiger partial charge in [0.15, 0.2) is 0 Å². The SMILES string of the molecule is Cc1cc(C=CC#N)ccc1C(=O)O. The van der Waals surface area contributed by atoms with Crippen molar-refractivity contribution in [3.05, 3.63) is 41.0 Å². The van der Waals surface area contributed by atoms with Gasteiger partial charge in [0.05, 0.1) is 11.6 Å². The van der Waals surface area contributed by atoms with Crippen LogP contribution in [0.3, 0.4) is 0 Å². The third kappa shape index (κ3) is 2.20. The van der Waals surface area contributed by atoms with Crippen LogP contribution in [0.15, 0.2) is 24.3 Å². The summed E-state index contributed by atoms with van der Waals surface area (Å²) in [5.41, 5.74) is 1.81. The predicted molar refractivity (Wildman–Crippen MR) is 52.8 cm³/mol. The molecule has 0 heterocycles. The van der Waals surface area contributed by atoms with Crippen LogP contribution in [-0.4, -0.2) is 11.1 Å². The highest BCUT2D eigenvalue weighted by molar-refractivity contribution is 5.89. The van der Waals surface area contributed by atoms with E-state index in [4.69, 9.17) is 10.4 Å². The second-order valence-electron chi connectivity index (χ2n) is 2.84. The smallest absolute Gasteiger partial charge is 0.335 e. The lowest BCUT2D eigenvalue weighted by Gasteiger charge is -2.00. The minimum absolute atomic E-state index is 0.291. The molecule has 0 bridgehead atoms. The van der Waals surface area contributed by atoms with E-state index in [-0.39, 0.29) is 0 Å². The maximum atomic E-state index is 10.7. The van der Waals surface area contributed by atoms with Crippen LogP contribution < -0.4 is 0 Å². The number of allylic oxidation sites excluding steroid dienone is 1. The van der Waals surface area contributed by atoms with Gasteiger partial charge in [-0.2, -0.15) is 5.26 Å². The van der Waals surface area contributed by atoms with Crippen molar-refractivity contribution in [2.45, 2.75) is 6.92 Å². The average Bonchev–Trinajstić information content (AvgIpc) is 2.14. The minimum atomic E-state index is -0.932. The summed E-state index contributed by atoms with van der Waals surface area (Å²) in [7, 11) is 0. The first-order valence-corrected chi connectivity index (χ1v) is 4.05. The Morgan fingerprint density at radius 1 is 1.57 bits per heavy atom.